The molecule has 40 heavy (non-hydrogen) atoms. The maximum atomic E-state index is 14.3. The molecule has 3 heterocycles. The van der Waals surface area contributed by atoms with Crippen LogP contribution in [0.3, 0.4) is 0 Å². The molecule has 1 unspecified atom stereocenters. The fourth-order valence-electron chi connectivity index (χ4n) is 5.36. The topological polar surface area (TPSA) is 109 Å². The smallest absolute Gasteiger partial charge is 0.200 e. The van der Waals surface area contributed by atoms with Crippen molar-refractivity contribution in [2.24, 2.45) is 0 Å². The summed E-state index contributed by atoms with van der Waals surface area (Å²) in [4.78, 5) is 22.5. The fraction of sp³-hybridized carbons (Fsp3) is 0.161. The molecule has 1 atom stereocenters. The average molecular weight is 536 g/mol. The van der Waals surface area contributed by atoms with Crippen molar-refractivity contribution in [2.45, 2.75) is 26.8 Å². The summed E-state index contributed by atoms with van der Waals surface area (Å²) in [5.74, 6) is 0.934. The van der Waals surface area contributed by atoms with Crippen LogP contribution in [0.25, 0.3) is 44.4 Å². The molecular weight excluding hydrogens is 509 g/mol. The molecule has 0 saturated carbocycles. The molecule has 2 N–H and O–H groups in total. The van der Waals surface area contributed by atoms with Gasteiger partial charge in [0.2, 0.25) is 5.43 Å². The third-order valence-corrected chi connectivity index (χ3v) is 7.14. The largest absolute Gasteiger partial charge is 0.496 e. The number of hydrogen-bond acceptors (Lipinski definition) is 7. The van der Waals surface area contributed by atoms with Crippen molar-refractivity contribution in [1.82, 2.24) is 19.7 Å². The van der Waals surface area contributed by atoms with Crippen molar-refractivity contribution in [2.75, 3.05) is 12.8 Å². The van der Waals surface area contributed by atoms with Crippen molar-refractivity contribution >= 4 is 27.8 Å². The summed E-state index contributed by atoms with van der Waals surface area (Å²) in [6, 6.07) is 16.2. The van der Waals surface area contributed by atoms with Crippen LogP contribution in [-0.2, 0) is 0 Å². The number of methoxy groups -OCH3 is 1. The minimum atomic E-state index is -0.624. The second-order valence-electron chi connectivity index (χ2n) is 9.75. The molecule has 0 aliphatic carbocycles. The number of nitrogens with two attached hydrogens (primary N) is 1. The van der Waals surface area contributed by atoms with Gasteiger partial charge in [0.25, 0.3) is 0 Å². The van der Waals surface area contributed by atoms with Gasteiger partial charge >= 0.3 is 0 Å². The van der Waals surface area contributed by atoms with Gasteiger partial charge in [0.1, 0.15) is 46.8 Å². The van der Waals surface area contributed by atoms with Crippen LogP contribution in [0.1, 0.15) is 29.9 Å². The number of benzene rings is 3. The SMILES string of the molecule is COc1c(C)cc(-c2nn(C(C)c3oc4ccccc4c(=O)c3-c3cccc(F)c3)c3ncnc(N)c23)cc1C. The van der Waals surface area contributed by atoms with Crippen LogP contribution in [0.15, 0.2) is 76.2 Å². The summed E-state index contributed by atoms with van der Waals surface area (Å²) in [7, 11) is 1.64. The summed E-state index contributed by atoms with van der Waals surface area (Å²) in [6.45, 7) is 5.78. The van der Waals surface area contributed by atoms with E-state index in [0.717, 1.165) is 22.4 Å². The molecular formula is C31H26FN5O3. The maximum Gasteiger partial charge on any atom is 0.200 e. The van der Waals surface area contributed by atoms with Crippen molar-refractivity contribution in [3.63, 3.8) is 0 Å². The Morgan fingerprint density at radius 2 is 1.75 bits per heavy atom. The van der Waals surface area contributed by atoms with Crippen molar-refractivity contribution in [3.8, 4) is 28.1 Å². The molecule has 3 aromatic heterocycles. The Morgan fingerprint density at radius 1 is 1.00 bits per heavy atom. The number of ether oxygens (including phenoxy) is 1. The zero-order valence-corrected chi connectivity index (χ0v) is 22.4. The lowest BCUT2D eigenvalue weighted by atomic mass is 9.99. The van der Waals surface area contributed by atoms with Gasteiger partial charge in [0, 0.05) is 5.56 Å². The monoisotopic (exact) mass is 535 g/mol. The van der Waals surface area contributed by atoms with Crippen LogP contribution in [0.5, 0.6) is 5.75 Å². The van der Waals surface area contributed by atoms with E-state index in [-0.39, 0.29) is 16.8 Å². The van der Waals surface area contributed by atoms with Crippen molar-refractivity contribution in [1.29, 1.82) is 0 Å². The molecule has 0 bridgehead atoms. The first-order valence-corrected chi connectivity index (χ1v) is 12.7. The molecule has 8 nitrogen and oxygen atoms in total. The standard InChI is InChI=1S/C31H26FN5O3/c1-16-12-20(13-17(2)28(16)39-4)26-25-30(33)34-15-35-31(25)37(36-26)18(3)29-24(19-8-7-9-21(32)14-19)27(38)22-10-5-6-11-23(22)40-29/h5-15,18H,1-4H3,(H2,33,34,35). The van der Waals surface area contributed by atoms with Gasteiger partial charge < -0.3 is 14.9 Å². The Labute approximate surface area is 228 Å². The molecule has 3 aromatic carbocycles. The molecule has 0 aliphatic heterocycles. The summed E-state index contributed by atoms with van der Waals surface area (Å²) >= 11 is 0. The lowest BCUT2D eigenvalue weighted by Gasteiger charge is -2.17. The van der Waals surface area contributed by atoms with Crippen LogP contribution in [0.4, 0.5) is 10.2 Å². The highest BCUT2D eigenvalue weighted by molar-refractivity contribution is 5.98. The lowest BCUT2D eigenvalue weighted by Crippen LogP contribution is -2.16. The highest BCUT2D eigenvalue weighted by atomic mass is 19.1. The Hall–Kier alpha value is -5.05. The normalized spacial score (nSPS) is 12.2. The van der Waals surface area contributed by atoms with Gasteiger partial charge in [-0.05, 0) is 73.9 Å². The Kier molecular flexibility index (Phi) is 6.06. The number of aromatic nitrogens is 4. The van der Waals surface area contributed by atoms with E-state index in [1.54, 1.807) is 48.2 Å². The molecule has 0 fully saturated rings. The third kappa shape index (κ3) is 3.98. The first-order valence-electron chi connectivity index (χ1n) is 12.7. The predicted molar refractivity (Wildman–Crippen MR) is 153 cm³/mol. The van der Waals surface area contributed by atoms with E-state index in [2.05, 4.69) is 9.97 Å². The van der Waals surface area contributed by atoms with E-state index in [1.165, 1.54) is 18.5 Å². The molecule has 0 radical (unpaired) electrons. The minimum absolute atomic E-state index is 0.258. The number of fused-ring (bicyclic) bond motifs is 2. The van der Waals surface area contributed by atoms with Crippen LogP contribution in [0.2, 0.25) is 0 Å². The molecule has 0 saturated heterocycles. The summed E-state index contributed by atoms with van der Waals surface area (Å²) < 4.78 is 27.9. The van der Waals surface area contributed by atoms with Crippen LogP contribution in [0, 0.1) is 19.7 Å². The van der Waals surface area contributed by atoms with E-state index >= 15 is 0 Å². The second kappa shape index (κ2) is 9.60. The third-order valence-electron chi connectivity index (χ3n) is 7.14. The van der Waals surface area contributed by atoms with Gasteiger partial charge in [-0.3, -0.25) is 4.79 Å². The number of halogens is 1. The molecule has 200 valence electrons. The van der Waals surface area contributed by atoms with Gasteiger partial charge in [-0.2, -0.15) is 5.10 Å². The molecule has 0 amide bonds. The average Bonchev–Trinajstić information content (AvgIpc) is 3.33. The quantitative estimate of drug-likeness (QED) is 0.279. The number of aryl methyl sites for hydroxylation is 2. The number of rotatable bonds is 5. The van der Waals surface area contributed by atoms with Gasteiger partial charge in [0.05, 0.1) is 23.4 Å². The predicted octanol–water partition coefficient (Wildman–Crippen LogP) is 6.22. The highest BCUT2D eigenvalue weighted by Crippen LogP contribution is 2.38. The first kappa shape index (κ1) is 25.2. The van der Waals surface area contributed by atoms with Crippen molar-refractivity contribution in [3.05, 3.63) is 99.9 Å². The van der Waals surface area contributed by atoms with Crippen LogP contribution < -0.4 is 15.9 Å². The maximum absolute atomic E-state index is 14.3. The van der Waals surface area contributed by atoms with E-state index < -0.39 is 11.9 Å². The molecule has 9 heteroatoms. The number of hydrogen-bond donors (Lipinski definition) is 1. The summed E-state index contributed by atoms with van der Waals surface area (Å²) in [6.07, 6.45) is 1.38. The van der Waals surface area contributed by atoms with E-state index in [0.29, 0.717) is 39.0 Å². The van der Waals surface area contributed by atoms with Gasteiger partial charge in [-0.1, -0.05) is 24.3 Å². The number of nitrogen functional groups attached to an aromatic ring is 1. The Morgan fingerprint density at radius 3 is 2.48 bits per heavy atom. The van der Waals surface area contributed by atoms with E-state index in [1.807, 2.05) is 32.9 Å². The lowest BCUT2D eigenvalue weighted by molar-refractivity contribution is 0.408. The molecule has 6 aromatic rings. The van der Waals surface area contributed by atoms with Gasteiger partial charge in [-0.25, -0.2) is 19.0 Å². The minimum Gasteiger partial charge on any atom is -0.496 e. The van der Waals surface area contributed by atoms with Crippen LogP contribution >= 0.6 is 0 Å². The first-order chi connectivity index (χ1) is 19.3. The van der Waals surface area contributed by atoms with Crippen LogP contribution in [-0.4, -0.2) is 26.9 Å². The zero-order chi connectivity index (χ0) is 28.1. The van der Waals surface area contributed by atoms with E-state index in [4.69, 9.17) is 20.0 Å². The highest BCUT2D eigenvalue weighted by Gasteiger charge is 2.27. The van der Waals surface area contributed by atoms with Gasteiger partial charge in [-0.15, -0.1) is 0 Å². The second-order valence-corrected chi connectivity index (χ2v) is 9.75. The number of nitrogens with zero attached hydrogens (tertiary/aromatic N) is 4. The molecule has 6 rings (SSSR count). The molecule has 0 aliphatic rings. The fourth-order valence-corrected chi connectivity index (χ4v) is 5.36. The van der Waals surface area contributed by atoms with Crippen molar-refractivity contribution < 1.29 is 13.5 Å². The zero-order valence-electron chi connectivity index (χ0n) is 22.4. The number of para-hydroxylation sites is 1. The van der Waals surface area contributed by atoms with E-state index in [9.17, 15) is 9.18 Å². The molecule has 0 spiro atoms. The summed E-state index contributed by atoms with van der Waals surface area (Å²) in [5, 5.41) is 5.93. The Bertz CT molecular complexity index is 1970. The number of anilines is 1. The summed E-state index contributed by atoms with van der Waals surface area (Å²) in [5.41, 5.74) is 11.0. The van der Waals surface area contributed by atoms with Gasteiger partial charge in [0.15, 0.2) is 5.65 Å². The Balaban J connectivity index is 1.63.